The van der Waals surface area contributed by atoms with E-state index < -0.39 is 11.6 Å². The lowest BCUT2D eigenvalue weighted by atomic mass is 10.2. The molecule has 2 rings (SSSR count). The zero-order chi connectivity index (χ0) is 11.7. The first kappa shape index (κ1) is 10.7. The number of rotatable bonds is 1. The van der Waals surface area contributed by atoms with Crippen LogP contribution < -0.4 is 4.57 Å². The summed E-state index contributed by atoms with van der Waals surface area (Å²) in [5, 5.41) is 0. The second-order valence-electron chi connectivity index (χ2n) is 3.64. The van der Waals surface area contributed by atoms with Gasteiger partial charge in [-0.3, -0.25) is 4.98 Å². The average Bonchev–Trinajstić information content (AvgIpc) is 2.25. The molecule has 0 aromatic carbocycles. The molecule has 16 heavy (non-hydrogen) atoms. The maximum Gasteiger partial charge on any atom is 0.250 e. The largest absolute Gasteiger partial charge is 0.258 e. The van der Waals surface area contributed by atoms with Crippen molar-refractivity contribution in [1.82, 2.24) is 4.98 Å². The summed E-state index contributed by atoms with van der Waals surface area (Å²) in [4.78, 5) is 3.83. The van der Waals surface area contributed by atoms with Crippen LogP contribution in [-0.2, 0) is 0 Å². The number of hydrogen-bond donors (Lipinski definition) is 0. The second kappa shape index (κ2) is 3.96. The molecule has 0 unspecified atom stereocenters. The summed E-state index contributed by atoms with van der Waals surface area (Å²) in [6.45, 7) is 3.55. The van der Waals surface area contributed by atoms with E-state index in [1.165, 1.54) is 16.8 Å². The molecule has 0 amide bonds. The highest BCUT2D eigenvalue weighted by Crippen LogP contribution is 2.08. The van der Waals surface area contributed by atoms with Crippen LogP contribution in [0.4, 0.5) is 8.78 Å². The summed E-state index contributed by atoms with van der Waals surface area (Å²) in [6.07, 6.45) is 2.40. The van der Waals surface area contributed by atoms with E-state index in [1.807, 2.05) is 0 Å². The Morgan fingerprint density at radius 1 is 1.19 bits per heavy atom. The van der Waals surface area contributed by atoms with Gasteiger partial charge >= 0.3 is 0 Å². The fraction of sp³-hybridized carbons (Fsp3) is 0.167. The predicted molar refractivity (Wildman–Crippen MR) is 55.2 cm³/mol. The molecule has 0 bridgehead atoms. The van der Waals surface area contributed by atoms with Gasteiger partial charge in [0.25, 0.3) is 0 Å². The summed E-state index contributed by atoms with van der Waals surface area (Å²) in [5.74, 6) is -0.872. The third kappa shape index (κ3) is 1.91. The molecule has 0 aliphatic heterocycles. The van der Waals surface area contributed by atoms with Crippen LogP contribution >= 0.6 is 0 Å². The van der Waals surface area contributed by atoms with Crippen molar-refractivity contribution < 1.29 is 13.3 Å². The maximum absolute atomic E-state index is 13.6. The SMILES string of the molecule is Cc1cc(-[n+]2cc(F)ccc2C)c(F)cn1. The lowest BCUT2D eigenvalue weighted by molar-refractivity contribution is -0.606. The van der Waals surface area contributed by atoms with Crippen LogP contribution in [0.15, 0.2) is 30.6 Å². The minimum atomic E-state index is -0.468. The normalized spacial score (nSPS) is 10.5. The molecule has 82 valence electrons. The number of hydrogen-bond acceptors (Lipinski definition) is 1. The number of aromatic nitrogens is 2. The standard InChI is InChI=1S/C12H11F2N2/c1-8-5-12(11(14)6-15-8)16-7-10(13)4-3-9(16)2/h3-7H,1-2H3/q+1. The Kier molecular flexibility index (Phi) is 2.64. The highest BCUT2D eigenvalue weighted by atomic mass is 19.1. The Labute approximate surface area is 92.2 Å². The Morgan fingerprint density at radius 3 is 2.69 bits per heavy atom. The lowest BCUT2D eigenvalue weighted by Gasteiger charge is -2.01. The fourth-order valence-corrected chi connectivity index (χ4v) is 1.52. The average molecular weight is 221 g/mol. The van der Waals surface area contributed by atoms with Gasteiger partial charge in [-0.1, -0.05) is 0 Å². The van der Waals surface area contributed by atoms with Gasteiger partial charge in [-0.2, -0.15) is 8.96 Å². The van der Waals surface area contributed by atoms with Crippen molar-refractivity contribution in [3.8, 4) is 5.69 Å². The maximum atomic E-state index is 13.6. The predicted octanol–water partition coefficient (Wildman–Crippen LogP) is 2.25. The molecule has 0 fully saturated rings. The molecule has 0 aliphatic rings. The number of nitrogens with zero attached hydrogens (tertiary/aromatic N) is 2. The lowest BCUT2D eigenvalue weighted by Crippen LogP contribution is -2.35. The molecule has 2 heterocycles. The summed E-state index contributed by atoms with van der Waals surface area (Å²) in [6, 6.07) is 4.53. The molecule has 2 nitrogen and oxygen atoms in total. The molecule has 0 atom stereocenters. The first-order valence-electron chi connectivity index (χ1n) is 4.88. The quantitative estimate of drug-likeness (QED) is 0.675. The van der Waals surface area contributed by atoms with E-state index >= 15 is 0 Å². The topological polar surface area (TPSA) is 16.8 Å². The van der Waals surface area contributed by atoms with Crippen LogP contribution in [0.3, 0.4) is 0 Å². The Morgan fingerprint density at radius 2 is 1.94 bits per heavy atom. The van der Waals surface area contributed by atoms with Crippen LogP contribution in [0.2, 0.25) is 0 Å². The molecule has 0 N–H and O–H groups in total. The van der Waals surface area contributed by atoms with Crippen LogP contribution in [0, 0.1) is 25.5 Å². The van der Waals surface area contributed by atoms with E-state index in [0.717, 1.165) is 11.9 Å². The minimum Gasteiger partial charge on any atom is -0.258 e. The third-order valence-electron chi connectivity index (χ3n) is 2.35. The molecule has 0 radical (unpaired) electrons. The monoisotopic (exact) mass is 221 g/mol. The molecule has 0 aliphatic carbocycles. The zero-order valence-corrected chi connectivity index (χ0v) is 9.04. The number of pyridine rings is 2. The molecule has 2 aromatic rings. The van der Waals surface area contributed by atoms with Crippen molar-refractivity contribution in [1.29, 1.82) is 0 Å². The van der Waals surface area contributed by atoms with Crippen molar-refractivity contribution in [3.63, 3.8) is 0 Å². The molecular weight excluding hydrogens is 210 g/mol. The van der Waals surface area contributed by atoms with Crippen LogP contribution in [-0.4, -0.2) is 4.98 Å². The smallest absolute Gasteiger partial charge is 0.250 e. The highest BCUT2D eigenvalue weighted by molar-refractivity contribution is 5.25. The summed E-state index contributed by atoms with van der Waals surface area (Å²) in [7, 11) is 0. The molecular formula is C12H11F2N2+. The number of aryl methyl sites for hydroxylation is 2. The third-order valence-corrected chi connectivity index (χ3v) is 2.35. The zero-order valence-electron chi connectivity index (χ0n) is 9.04. The van der Waals surface area contributed by atoms with E-state index in [4.69, 9.17) is 0 Å². The van der Waals surface area contributed by atoms with E-state index in [0.29, 0.717) is 11.4 Å². The van der Waals surface area contributed by atoms with Crippen molar-refractivity contribution in [3.05, 3.63) is 53.6 Å². The fourth-order valence-electron chi connectivity index (χ4n) is 1.52. The minimum absolute atomic E-state index is 0.310. The van der Waals surface area contributed by atoms with E-state index in [1.54, 1.807) is 26.0 Å². The van der Waals surface area contributed by atoms with Crippen molar-refractivity contribution in [2.45, 2.75) is 13.8 Å². The molecule has 0 saturated heterocycles. The summed E-state index contributed by atoms with van der Waals surface area (Å²) in [5.41, 5.74) is 1.75. The van der Waals surface area contributed by atoms with Gasteiger partial charge in [0, 0.05) is 24.8 Å². The Bertz CT molecular complexity index is 489. The van der Waals surface area contributed by atoms with Gasteiger partial charge in [0.1, 0.15) is 0 Å². The number of halogens is 2. The Hall–Kier alpha value is -1.84. The summed E-state index contributed by atoms with van der Waals surface area (Å²) >= 11 is 0. The van der Waals surface area contributed by atoms with Gasteiger partial charge in [0.15, 0.2) is 11.5 Å². The summed E-state index contributed by atoms with van der Waals surface area (Å²) < 4.78 is 28.1. The molecule has 0 spiro atoms. The Balaban J connectivity index is 2.66. The molecule has 4 heteroatoms. The van der Waals surface area contributed by atoms with E-state index in [9.17, 15) is 8.78 Å². The van der Waals surface area contributed by atoms with Crippen LogP contribution in [0.5, 0.6) is 0 Å². The van der Waals surface area contributed by atoms with E-state index in [2.05, 4.69) is 4.98 Å². The van der Waals surface area contributed by atoms with Crippen LogP contribution in [0.25, 0.3) is 5.69 Å². The van der Waals surface area contributed by atoms with Gasteiger partial charge in [0.05, 0.1) is 6.20 Å². The first-order chi connectivity index (χ1) is 7.58. The van der Waals surface area contributed by atoms with Crippen molar-refractivity contribution >= 4 is 0 Å². The van der Waals surface area contributed by atoms with E-state index in [-0.39, 0.29) is 0 Å². The highest BCUT2D eigenvalue weighted by Gasteiger charge is 2.17. The van der Waals surface area contributed by atoms with Gasteiger partial charge in [-0.15, -0.1) is 0 Å². The van der Waals surface area contributed by atoms with Gasteiger partial charge in [-0.05, 0) is 13.0 Å². The van der Waals surface area contributed by atoms with Crippen molar-refractivity contribution in [2.24, 2.45) is 0 Å². The molecule has 2 aromatic heterocycles. The van der Waals surface area contributed by atoms with Crippen LogP contribution in [0.1, 0.15) is 11.4 Å². The van der Waals surface area contributed by atoms with Gasteiger partial charge in [-0.25, -0.2) is 4.39 Å². The van der Waals surface area contributed by atoms with Crippen molar-refractivity contribution in [2.75, 3.05) is 0 Å². The first-order valence-corrected chi connectivity index (χ1v) is 4.88. The molecule has 0 saturated carbocycles. The second-order valence-corrected chi connectivity index (χ2v) is 3.64. The van der Waals surface area contributed by atoms with Gasteiger partial charge in [0.2, 0.25) is 17.7 Å². The van der Waals surface area contributed by atoms with Gasteiger partial charge < -0.3 is 0 Å².